The van der Waals surface area contributed by atoms with Crippen LogP contribution in [0.25, 0.3) is 0 Å². The molecule has 16 heavy (non-hydrogen) atoms. The Morgan fingerprint density at radius 2 is 1.94 bits per heavy atom. The Labute approximate surface area is 98.4 Å². The fraction of sp³-hybridized carbons (Fsp3) is 1.00. The fourth-order valence-corrected chi connectivity index (χ4v) is 2.93. The van der Waals surface area contributed by atoms with Crippen molar-refractivity contribution in [2.75, 3.05) is 32.7 Å². The van der Waals surface area contributed by atoms with Crippen LogP contribution in [-0.4, -0.2) is 65.8 Å². The van der Waals surface area contributed by atoms with Gasteiger partial charge in [-0.2, -0.15) is 0 Å². The molecule has 0 spiro atoms. The number of likely N-dealkylation sites (tertiary alicyclic amines) is 2. The number of aliphatic hydroxyl groups is 1. The maximum atomic E-state index is 9.37. The molecule has 0 aliphatic carbocycles. The van der Waals surface area contributed by atoms with Crippen LogP contribution in [-0.2, 0) is 0 Å². The summed E-state index contributed by atoms with van der Waals surface area (Å²) in [4.78, 5) is 4.97. The van der Waals surface area contributed by atoms with Gasteiger partial charge in [-0.15, -0.1) is 0 Å². The van der Waals surface area contributed by atoms with Gasteiger partial charge in [0, 0.05) is 25.2 Å². The monoisotopic (exact) mass is 227 g/mol. The third-order valence-electron chi connectivity index (χ3n) is 3.86. The minimum Gasteiger partial charge on any atom is -0.392 e. The molecule has 2 atom stereocenters. The molecular formula is C12H25N3O. The van der Waals surface area contributed by atoms with Crippen LogP contribution in [0.2, 0.25) is 0 Å². The highest BCUT2D eigenvalue weighted by Crippen LogP contribution is 2.19. The van der Waals surface area contributed by atoms with Crippen LogP contribution in [0.15, 0.2) is 0 Å². The Morgan fingerprint density at radius 3 is 2.56 bits per heavy atom. The predicted octanol–water partition coefficient (Wildman–Crippen LogP) is -0.135. The van der Waals surface area contributed by atoms with E-state index in [4.69, 9.17) is 5.73 Å². The second kappa shape index (κ2) is 5.45. The van der Waals surface area contributed by atoms with Crippen molar-refractivity contribution in [1.29, 1.82) is 0 Å². The standard InChI is InChI=1S/C12H25N3O/c1-10(16)8-14-5-4-12(9-14)15-6-2-11(13)3-7-15/h10-12,16H,2-9,13H2,1H3/t10-,12?/m1/s1. The van der Waals surface area contributed by atoms with Crippen molar-refractivity contribution in [3.05, 3.63) is 0 Å². The zero-order valence-electron chi connectivity index (χ0n) is 10.3. The maximum Gasteiger partial charge on any atom is 0.0639 e. The first-order chi connectivity index (χ1) is 7.65. The number of nitrogens with two attached hydrogens (primary N) is 1. The first kappa shape index (κ1) is 12.3. The van der Waals surface area contributed by atoms with Gasteiger partial charge in [0.15, 0.2) is 0 Å². The van der Waals surface area contributed by atoms with Gasteiger partial charge in [0.1, 0.15) is 0 Å². The van der Waals surface area contributed by atoms with Gasteiger partial charge in [0.25, 0.3) is 0 Å². The lowest BCUT2D eigenvalue weighted by Gasteiger charge is -2.34. The Balaban J connectivity index is 1.75. The number of rotatable bonds is 3. The minimum atomic E-state index is -0.200. The number of hydrogen-bond acceptors (Lipinski definition) is 4. The molecule has 2 aliphatic rings. The third-order valence-corrected chi connectivity index (χ3v) is 3.86. The molecule has 2 saturated heterocycles. The van der Waals surface area contributed by atoms with Crippen molar-refractivity contribution in [1.82, 2.24) is 9.80 Å². The van der Waals surface area contributed by atoms with Gasteiger partial charge in [0.05, 0.1) is 6.10 Å². The molecule has 3 N–H and O–H groups in total. The largest absolute Gasteiger partial charge is 0.392 e. The van der Waals surface area contributed by atoms with E-state index in [0.29, 0.717) is 12.1 Å². The van der Waals surface area contributed by atoms with E-state index in [1.807, 2.05) is 6.92 Å². The van der Waals surface area contributed by atoms with E-state index in [-0.39, 0.29) is 6.10 Å². The third kappa shape index (κ3) is 3.17. The second-order valence-corrected chi connectivity index (χ2v) is 5.42. The molecule has 1 unspecified atom stereocenters. The summed E-state index contributed by atoms with van der Waals surface area (Å²) in [6.45, 7) is 7.28. The van der Waals surface area contributed by atoms with E-state index in [9.17, 15) is 5.11 Å². The molecule has 0 aromatic rings. The molecule has 0 saturated carbocycles. The van der Waals surface area contributed by atoms with Gasteiger partial charge in [-0.1, -0.05) is 0 Å². The van der Waals surface area contributed by atoms with E-state index >= 15 is 0 Å². The van der Waals surface area contributed by atoms with Gasteiger partial charge >= 0.3 is 0 Å². The Kier molecular flexibility index (Phi) is 4.19. The minimum absolute atomic E-state index is 0.200. The SMILES string of the molecule is C[C@@H](O)CN1CCC(N2CCC(N)CC2)C1. The van der Waals surface area contributed by atoms with Crippen LogP contribution in [0.3, 0.4) is 0 Å². The van der Waals surface area contributed by atoms with Crippen LogP contribution >= 0.6 is 0 Å². The number of aliphatic hydroxyl groups excluding tert-OH is 1. The highest BCUT2D eigenvalue weighted by molar-refractivity contribution is 4.87. The number of β-amino-alcohol motifs (C(OH)–C–C–N with tert-alkyl or cyclic N) is 1. The maximum absolute atomic E-state index is 9.37. The van der Waals surface area contributed by atoms with Gasteiger partial charge in [0.2, 0.25) is 0 Å². The molecule has 0 amide bonds. The summed E-state index contributed by atoms with van der Waals surface area (Å²) in [5, 5.41) is 9.37. The smallest absolute Gasteiger partial charge is 0.0639 e. The lowest BCUT2D eigenvalue weighted by atomic mass is 10.0. The van der Waals surface area contributed by atoms with Crippen LogP contribution < -0.4 is 5.73 Å². The van der Waals surface area contributed by atoms with Crippen LogP contribution in [0, 0.1) is 0 Å². The molecule has 2 heterocycles. The number of hydrogen-bond donors (Lipinski definition) is 2. The Morgan fingerprint density at radius 1 is 1.25 bits per heavy atom. The topological polar surface area (TPSA) is 52.7 Å². The highest BCUT2D eigenvalue weighted by Gasteiger charge is 2.29. The summed E-state index contributed by atoms with van der Waals surface area (Å²) in [7, 11) is 0. The van der Waals surface area contributed by atoms with Gasteiger partial charge in [-0.25, -0.2) is 0 Å². The Hall–Kier alpha value is -0.160. The summed E-state index contributed by atoms with van der Waals surface area (Å²) >= 11 is 0. The Bertz CT molecular complexity index is 214. The average molecular weight is 227 g/mol. The van der Waals surface area contributed by atoms with Crippen LogP contribution in [0.5, 0.6) is 0 Å². The first-order valence-corrected chi connectivity index (χ1v) is 6.55. The molecule has 4 heteroatoms. The summed E-state index contributed by atoms with van der Waals surface area (Å²) in [5.74, 6) is 0. The van der Waals surface area contributed by atoms with Crippen molar-refractivity contribution in [2.24, 2.45) is 5.73 Å². The highest BCUT2D eigenvalue weighted by atomic mass is 16.3. The van der Waals surface area contributed by atoms with Gasteiger partial charge < -0.3 is 10.8 Å². The summed E-state index contributed by atoms with van der Waals surface area (Å²) < 4.78 is 0. The van der Waals surface area contributed by atoms with E-state index in [1.54, 1.807) is 0 Å². The van der Waals surface area contributed by atoms with Crippen molar-refractivity contribution in [3.63, 3.8) is 0 Å². The van der Waals surface area contributed by atoms with E-state index in [1.165, 1.54) is 6.42 Å². The average Bonchev–Trinajstić information content (AvgIpc) is 2.66. The summed E-state index contributed by atoms with van der Waals surface area (Å²) in [6.07, 6.45) is 3.34. The quantitative estimate of drug-likeness (QED) is 0.705. The predicted molar refractivity (Wildman–Crippen MR) is 65.3 cm³/mol. The molecule has 0 bridgehead atoms. The summed E-state index contributed by atoms with van der Waals surface area (Å²) in [6, 6.07) is 1.12. The second-order valence-electron chi connectivity index (χ2n) is 5.42. The molecule has 0 aromatic carbocycles. The lowest BCUT2D eigenvalue weighted by molar-refractivity contribution is 0.123. The van der Waals surface area contributed by atoms with Crippen molar-refractivity contribution >= 4 is 0 Å². The molecule has 94 valence electrons. The normalized spacial score (nSPS) is 32.1. The van der Waals surface area contributed by atoms with Gasteiger partial charge in [-0.3, -0.25) is 9.80 Å². The molecular weight excluding hydrogens is 202 g/mol. The molecule has 4 nitrogen and oxygen atoms in total. The van der Waals surface area contributed by atoms with E-state index < -0.39 is 0 Å². The zero-order chi connectivity index (χ0) is 11.5. The first-order valence-electron chi connectivity index (χ1n) is 6.55. The zero-order valence-corrected chi connectivity index (χ0v) is 10.3. The van der Waals surface area contributed by atoms with Crippen molar-refractivity contribution in [3.8, 4) is 0 Å². The van der Waals surface area contributed by atoms with Gasteiger partial charge in [-0.05, 0) is 45.8 Å². The molecule has 2 aliphatic heterocycles. The van der Waals surface area contributed by atoms with E-state index in [2.05, 4.69) is 9.80 Å². The lowest BCUT2D eigenvalue weighted by Crippen LogP contribution is -2.46. The molecule has 0 aromatic heterocycles. The number of piperidine rings is 1. The van der Waals surface area contributed by atoms with E-state index in [0.717, 1.165) is 45.6 Å². The molecule has 0 radical (unpaired) electrons. The fourth-order valence-electron chi connectivity index (χ4n) is 2.93. The van der Waals surface area contributed by atoms with Crippen LogP contribution in [0.4, 0.5) is 0 Å². The van der Waals surface area contributed by atoms with Crippen molar-refractivity contribution in [2.45, 2.75) is 44.4 Å². The summed E-state index contributed by atoms with van der Waals surface area (Å²) in [5.41, 5.74) is 5.92. The van der Waals surface area contributed by atoms with Crippen molar-refractivity contribution < 1.29 is 5.11 Å². The molecule has 2 rings (SSSR count). The van der Waals surface area contributed by atoms with Crippen LogP contribution in [0.1, 0.15) is 26.2 Å². The number of nitrogens with zero attached hydrogens (tertiary/aromatic N) is 2. The molecule has 2 fully saturated rings.